The van der Waals surface area contributed by atoms with E-state index in [1.165, 1.54) is 0 Å². The Kier molecular flexibility index (Phi) is 7.76. The highest BCUT2D eigenvalue weighted by molar-refractivity contribution is 7.98. The molecule has 2 rings (SSSR count). The predicted octanol–water partition coefficient (Wildman–Crippen LogP) is 4.73. The number of rotatable bonds is 8. The maximum Gasteiger partial charge on any atom is 0.257 e. The summed E-state index contributed by atoms with van der Waals surface area (Å²) in [6.07, 6.45) is 0. The van der Waals surface area contributed by atoms with Gasteiger partial charge in [0.25, 0.3) is 5.91 Å². The summed E-state index contributed by atoms with van der Waals surface area (Å²) in [6, 6.07) is 13.2. The van der Waals surface area contributed by atoms with Crippen LogP contribution in [0.1, 0.15) is 11.1 Å². The summed E-state index contributed by atoms with van der Waals surface area (Å²) in [6.45, 7) is 2.63. The van der Waals surface area contributed by atoms with Crippen molar-refractivity contribution in [1.82, 2.24) is 5.32 Å². The van der Waals surface area contributed by atoms with E-state index in [9.17, 15) is 4.79 Å². The molecule has 0 saturated heterocycles. The summed E-state index contributed by atoms with van der Waals surface area (Å²) >= 11 is 13.6. The van der Waals surface area contributed by atoms with E-state index in [-0.39, 0.29) is 12.5 Å². The number of hydrogen-bond donors (Lipinski definition) is 1. The largest absolute Gasteiger partial charge is 0.484 e. The summed E-state index contributed by atoms with van der Waals surface area (Å²) in [5, 5.41) is 3.97. The molecule has 0 heterocycles. The van der Waals surface area contributed by atoms with Gasteiger partial charge in [0, 0.05) is 18.1 Å². The maximum atomic E-state index is 11.7. The van der Waals surface area contributed by atoms with Crippen molar-refractivity contribution < 1.29 is 9.53 Å². The van der Waals surface area contributed by atoms with Crippen LogP contribution < -0.4 is 10.1 Å². The monoisotopic (exact) mass is 383 g/mol. The maximum absolute atomic E-state index is 11.7. The van der Waals surface area contributed by atoms with Gasteiger partial charge in [0.05, 0.1) is 10.0 Å². The van der Waals surface area contributed by atoms with Gasteiger partial charge in [0.2, 0.25) is 0 Å². The first-order valence-corrected chi connectivity index (χ1v) is 9.43. The van der Waals surface area contributed by atoms with E-state index in [0.29, 0.717) is 22.3 Å². The fraction of sp³-hybridized carbons (Fsp3) is 0.278. The third-order valence-electron chi connectivity index (χ3n) is 3.21. The van der Waals surface area contributed by atoms with E-state index < -0.39 is 0 Å². The molecule has 0 spiro atoms. The molecule has 1 amide bonds. The van der Waals surface area contributed by atoms with Crippen LogP contribution >= 0.6 is 35.0 Å². The van der Waals surface area contributed by atoms with Gasteiger partial charge in [-0.2, -0.15) is 11.8 Å². The van der Waals surface area contributed by atoms with Gasteiger partial charge in [-0.25, -0.2) is 0 Å². The molecule has 0 radical (unpaired) electrons. The Labute approximate surface area is 156 Å². The number of hydrogen-bond acceptors (Lipinski definition) is 3. The second kappa shape index (κ2) is 9.82. The van der Waals surface area contributed by atoms with Gasteiger partial charge >= 0.3 is 0 Å². The molecule has 0 aliphatic rings. The third kappa shape index (κ3) is 6.63. The summed E-state index contributed by atoms with van der Waals surface area (Å²) < 4.78 is 5.43. The lowest BCUT2D eigenvalue weighted by Crippen LogP contribution is -2.30. The Morgan fingerprint density at radius 1 is 1.12 bits per heavy atom. The molecule has 2 aromatic rings. The molecule has 0 aromatic heterocycles. The molecule has 3 nitrogen and oxygen atoms in total. The number of nitrogens with one attached hydrogen (secondary N) is 1. The minimum atomic E-state index is -0.120. The van der Waals surface area contributed by atoms with Crippen molar-refractivity contribution in [2.75, 3.05) is 18.9 Å². The Morgan fingerprint density at radius 3 is 2.58 bits per heavy atom. The lowest BCUT2D eigenvalue weighted by Gasteiger charge is -2.08. The van der Waals surface area contributed by atoms with Gasteiger partial charge in [-0.1, -0.05) is 47.0 Å². The van der Waals surface area contributed by atoms with E-state index in [0.717, 1.165) is 22.6 Å². The number of amides is 1. The number of thioether (sulfide) groups is 1. The van der Waals surface area contributed by atoms with E-state index >= 15 is 0 Å². The van der Waals surface area contributed by atoms with Crippen LogP contribution in [-0.4, -0.2) is 24.8 Å². The van der Waals surface area contributed by atoms with Crippen LogP contribution in [0.25, 0.3) is 0 Å². The van der Waals surface area contributed by atoms with Crippen molar-refractivity contribution in [3.05, 3.63) is 63.6 Å². The number of aryl methyl sites for hydroxylation is 1. The van der Waals surface area contributed by atoms with Crippen LogP contribution in [-0.2, 0) is 10.5 Å². The van der Waals surface area contributed by atoms with Crippen LogP contribution in [0, 0.1) is 6.92 Å². The highest BCUT2D eigenvalue weighted by Gasteiger charge is 2.03. The van der Waals surface area contributed by atoms with Crippen molar-refractivity contribution in [2.45, 2.75) is 12.7 Å². The standard InChI is InChI=1S/C18H19Cl2NO2S/c1-13-2-5-15(6-3-13)23-11-18(22)21-8-9-24-12-14-4-7-16(19)17(20)10-14/h2-7,10H,8-9,11-12H2,1H3,(H,21,22). The quantitative estimate of drug-likeness (QED) is 0.669. The average molecular weight is 384 g/mol. The fourth-order valence-electron chi connectivity index (χ4n) is 1.92. The molecule has 0 aliphatic carbocycles. The molecule has 0 aliphatic heterocycles. The van der Waals surface area contributed by atoms with E-state index in [1.807, 2.05) is 43.3 Å². The van der Waals surface area contributed by atoms with Crippen LogP contribution in [0.15, 0.2) is 42.5 Å². The molecule has 2 aromatic carbocycles. The summed E-state index contributed by atoms with van der Waals surface area (Å²) in [5.74, 6) is 2.22. The van der Waals surface area contributed by atoms with Crippen molar-refractivity contribution >= 4 is 40.9 Å². The van der Waals surface area contributed by atoms with Gasteiger partial charge < -0.3 is 10.1 Å². The van der Waals surface area contributed by atoms with Crippen LogP contribution in [0.3, 0.4) is 0 Å². The SMILES string of the molecule is Cc1ccc(OCC(=O)NCCSCc2ccc(Cl)c(Cl)c2)cc1. The first-order chi connectivity index (χ1) is 11.5. The molecular formula is C18H19Cl2NO2S. The van der Waals surface area contributed by atoms with Crippen LogP contribution in [0.5, 0.6) is 5.75 Å². The average Bonchev–Trinajstić information content (AvgIpc) is 2.57. The van der Waals surface area contributed by atoms with Crippen molar-refractivity contribution in [1.29, 1.82) is 0 Å². The molecular weight excluding hydrogens is 365 g/mol. The normalized spacial score (nSPS) is 10.5. The summed E-state index contributed by atoms with van der Waals surface area (Å²) in [7, 11) is 0. The third-order valence-corrected chi connectivity index (χ3v) is 4.98. The Hall–Kier alpha value is -1.36. The molecule has 0 bridgehead atoms. The second-order valence-electron chi connectivity index (χ2n) is 5.25. The minimum Gasteiger partial charge on any atom is -0.484 e. The topological polar surface area (TPSA) is 38.3 Å². The van der Waals surface area contributed by atoms with Crippen molar-refractivity contribution in [3.63, 3.8) is 0 Å². The smallest absolute Gasteiger partial charge is 0.257 e. The number of carbonyl (C=O) groups is 1. The van der Waals surface area contributed by atoms with Gasteiger partial charge in [0.15, 0.2) is 6.61 Å². The minimum absolute atomic E-state index is 0.0283. The zero-order valence-electron chi connectivity index (χ0n) is 13.4. The van der Waals surface area contributed by atoms with Gasteiger partial charge in [-0.05, 0) is 36.8 Å². The van der Waals surface area contributed by atoms with Crippen molar-refractivity contribution in [2.24, 2.45) is 0 Å². The predicted molar refractivity (Wildman–Crippen MR) is 102 cm³/mol. The summed E-state index contributed by atoms with van der Waals surface area (Å²) in [5.41, 5.74) is 2.27. The fourth-order valence-corrected chi connectivity index (χ4v) is 3.04. The van der Waals surface area contributed by atoms with E-state index in [4.69, 9.17) is 27.9 Å². The van der Waals surface area contributed by atoms with Gasteiger partial charge in [0.1, 0.15) is 5.75 Å². The highest BCUT2D eigenvalue weighted by atomic mass is 35.5. The Morgan fingerprint density at radius 2 is 1.88 bits per heavy atom. The zero-order valence-corrected chi connectivity index (χ0v) is 15.7. The first kappa shape index (κ1) is 19.0. The number of benzene rings is 2. The summed E-state index contributed by atoms with van der Waals surface area (Å²) in [4.78, 5) is 11.7. The molecule has 1 N–H and O–H groups in total. The number of carbonyl (C=O) groups excluding carboxylic acids is 1. The van der Waals surface area contributed by atoms with E-state index in [1.54, 1.807) is 17.8 Å². The first-order valence-electron chi connectivity index (χ1n) is 7.52. The second-order valence-corrected chi connectivity index (χ2v) is 7.17. The lowest BCUT2D eigenvalue weighted by molar-refractivity contribution is -0.122. The van der Waals surface area contributed by atoms with Crippen LogP contribution in [0.4, 0.5) is 0 Å². The molecule has 6 heteroatoms. The van der Waals surface area contributed by atoms with Gasteiger partial charge in [-0.15, -0.1) is 0 Å². The molecule has 128 valence electrons. The Balaban J connectivity index is 1.59. The molecule has 0 fully saturated rings. The van der Waals surface area contributed by atoms with Gasteiger partial charge in [-0.3, -0.25) is 4.79 Å². The molecule has 24 heavy (non-hydrogen) atoms. The highest BCUT2D eigenvalue weighted by Crippen LogP contribution is 2.24. The number of halogens is 2. The molecule has 0 unspecified atom stereocenters. The molecule has 0 atom stereocenters. The van der Waals surface area contributed by atoms with Crippen molar-refractivity contribution in [3.8, 4) is 5.75 Å². The molecule has 0 saturated carbocycles. The van der Waals surface area contributed by atoms with Crippen LogP contribution in [0.2, 0.25) is 10.0 Å². The lowest BCUT2D eigenvalue weighted by atomic mass is 10.2. The van der Waals surface area contributed by atoms with E-state index in [2.05, 4.69) is 5.32 Å². The number of ether oxygens (including phenoxy) is 1. The Bertz CT molecular complexity index is 677. The zero-order chi connectivity index (χ0) is 17.4.